The maximum atomic E-state index is 10.9. The highest BCUT2D eigenvalue weighted by molar-refractivity contribution is 9.11. The molecule has 0 radical (unpaired) electrons. The maximum absolute atomic E-state index is 10.9. The van der Waals surface area contributed by atoms with Gasteiger partial charge in [0, 0.05) is 10.1 Å². The summed E-state index contributed by atoms with van der Waals surface area (Å²) in [5.74, 6) is -0.190. The molecular weight excluding hydrogens is 196 g/mol. The molecule has 0 aromatic heterocycles. The number of carbonyl (C=O) groups excluding carboxylic acids is 1. The van der Waals surface area contributed by atoms with E-state index in [9.17, 15) is 4.79 Å². The van der Waals surface area contributed by atoms with Gasteiger partial charge in [0.2, 0.25) is 0 Å². The zero-order valence-corrected chi connectivity index (χ0v) is 7.40. The first-order chi connectivity index (χ1) is 4.75. The molecule has 0 saturated carbocycles. The van der Waals surface area contributed by atoms with Gasteiger partial charge in [0.15, 0.2) is 0 Å². The summed E-state index contributed by atoms with van der Waals surface area (Å²) in [5.41, 5.74) is 0.808. The van der Waals surface area contributed by atoms with Gasteiger partial charge >= 0.3 is 5.97 Å². The van der Waals surface area contributed by atoms with Crippen LogP contribution >= 0.6 is 15.9 Å². The van der Waals surface area contributed by atoms with Gasteiger partial charge in [-0.2, -0.15) is 0 Å². The van der Waals surface area contributed by atoms with Crippen molar-refractivity contribution in [3.8, 4) is 0 Å². The van der Waals surface area contributed by atoms with Gasteiger partial charge in [-0.15, -0.1) is 0 Å². The van der Waals surface area contributed by atoms with Crippen LogP contribution in [0.15, 0.2) is 10.1 Å². The molecule has 0 spiro atoms. The molecule has 56 valence electrons. The molecule has 1 aliphatic rings. The molecule has 0 atom stereocenters. The molecule has 0 unspecified atom stereocenters. The van der Waals surface area contributed by atoms with Gasteiger partial charge in [0.05, 0.1) is 7.11 Å². The average molecular weight is 205 g/mol. The molecule has 10 heavy (non-hydrogen) atoms. The molecule has 0 heterocycles. The topological polar surface area (TPSA) is 26.3 Å². The van der Waals surface area contributed by atoms with Crippen LogP contribution < -0.4 is 0 Å². The Kier molecular flexibility index (Phi) is 2.49. The van der Waals surface area contributed by atoms with Gasteiger partial charge in [0.1, 0.15) is 0 Å². The summed E-state index contributed by atoms with van der Waals surface area (Å²) in [7, 11) is 1.41. The minimum Gasteiger partial charge on any atom is -0.466 e. The molecule has 0 saturated heterocycles. The Morgan fingerprint density at radius 2 is 2.30 bits per heavy atom. The molecule has 0 aromatic carbocycles. The molecule has 0 aliphatic heterocycles. The van der Waals surface area contributed by atoms with Gasteiger partial charge in [-0.05, 0) is 19.3 Å². The van der Waals surface area contributed by atoms with Crippen molar-refractivity contribution in [3.63, 3.8) is 0 Å². The van der Waals surface area contributed by atoms with Crippen LogP contribution in [0.2, 0.25) is 0 Å². The predicted molar refractivity (Wildman–Crippen MR) is 41.8 cm³/mol. The van der Waals surface area contributed by atoms with Crippen molar-refractivity contribution in [2.45, 2.75) is 19.3 Å². The summed E-state index contributed by atoms with van der Waals surface area (Å²) in [6, 6.07) is 0. The van der Waals surface area contributed by atoms with E-state index in [2.05, 4.69) is 20.7 Å². The lowest BCUT2D eigenvalue weighted by molar-refractivity contribution is -0.136. The quantitative estimate of drug-likeness (QED) is 0.612. The zero-order valence-electron chi connectivity index (χ0n) is 5.82. The SMILES string of the molecule is COC(=O)C1=C(Br)CCC1. The van der Waals surface area contributed by atoms with Crippen molar-refractivity contribution in [1.82, 2.24) is 0 Å². The summed E-state index contributed by atoms with van der Waals surface area (Å²) in [5, 5.41) is 0. The van der Waals surface area contributed by atoms with E-state index in [1.165, 1.54) is 7.11 Å². The van der Waals surface area contributed by atoms with Gasteiger partial charge < -0.3 is 4.74 Å². The second-order valence-electron chi connectivity index (χ2n) is 2.23. The Bertz CT molecular complexity index is 184. The normalized spacial score (nSPS) is 17.8. The number of methoxy groups -OCH3 is 1. The van der Waals surface area contributed by atoms with Crippen molar-refractivity contribution < 1.29 is 9.53 Å². The summed E-state index contributed by atoms with van der Waals surface area (Å²) >= 11 is 3.32. The monoisotopic (exact) mass is 204 g/mol. The lowest BCUT2D eigenvalue weighted by Crippen LogP contribution is -2.02. The number of rotatable bonds is 1. The second-order valence-corrected chi connectivity index (χ2v) is 3.19. The summed E-state index contributed by atoms with van der Waals surface area (Å²) < 4.78 is 5.59. The predicted octanol–water partition coefficient (Wildman–Crippen LogP) is 1.99. The van der Waals surface area contributed by atoms with Gasteiger partial charge in [-0.25, -0.2) is 4.79 Å². The van der Waals surface area contributed by atoms with Gasteiger partial charge in [0.25, 0.3) is 0 Å². The van der Waals surface area contributed by atoms with Crippen molar-refractivity contribution in [2.75, 3.05) is 7.11 Å². The number of hydrogen-bond donors (Lipinski definition) is 0. The minimum absolute atomic E-state index is 0.190. The smallest absolute Gasteiger partial charge is 0.334 e. The van der Waals surface area contributed by atoms with Gasteiger partial charge in [-0.1, -0.05) is 15.9 Å². The van der Waals surface area contributed by atoms with Crippen molar-refractivity contribution in [1.29, 1.82) is 0 Å². The van der Waals surface area contributed by atoms with Crippen LogP contribution in [0.25, 0.3) is 0 Å². The Morgan fingerprint density at radius 1 is 1.60 bits per heavy atom. The zero-order chi connectivity index (χ0) is 7.56. The first-order valence-electron chi connectivity index (χ1n) is 3.21. The highest BCUT2D eigenvalue weighted by Crippen LogP contribution is 2.30. The average Bonchev–Trinajstić information content (AvgIpc) is 2.34. The van der Waals surface area contributed by atoms with Crippen LogP contribution in [-0.2, 0) is 9.53 Å². The molecule has 0 amide bonds. The van der Waals surface area contributed by atoms with Crippen LogP contribution in [0.1, 0.15) is 19.3 Å². The molecule has 1 rings (SSSR count). The molecule has 0 bridgehead atoms. The standard InChI is InChI=1S/C7H9BrO2/c1-10-7(9)5-3-2-4-6(5)8/h2-4H2,1H3. The molecule has 0 N–H and O–H groups in total. The van der Waals surface area contributed by atoms with Crippen LogP contribution in [0.3, 0.4) is 0 Å². The van der Waals surface area contributed by atoms with Crippen molar-refractivity contribution in [3.05, 3.63) is 10.1 Å². The highest BCUT2D eigenvalue weighted by Gasteiger charge is 2.18. The Hall–Kier alpha value is -0.310. The molecule has 0 fully saturated rings. The third-order valence-corrected chi connectivity index (χ3v) is 2.46. The summed E-state index contributed by atoms with van der Waals surface area (Å²) in [6.07, 6.45) is 2.89. The summed E-state index contributed by atoms with van der Waals surface area (Å²) in [6.45, 7) is 0. The Balaban J connectivity index is 2.71. The number of esters is 1. The number of carbonyl (C=O) groups is 1. The number of allylic oxidation sites excluding steroid dienone is 1. The van der Waals surface area contributed by atoms with E-state index in [4.69, 9.17) is 0 Å². The Morgan fingerprint density at radius 3 is 2.70 bits per heavy atom. The van der Waals surface area contributed by atoms with Gasteiger partial charge in [-0.3, -0.25) is 0 Å². The van der Waals surface area contributed by atoms with E-state index >= 15 is 0 Å². The fourth-order valence-electron chi connectivity index (χ4n) is 1.04. The fraction of sp³-hybridized carbons (Fsp3) is 0.571. The van der Waals surface area contributed by atoms with E-state index < -0.39 is 0 Å². The van der Waals surface area contributed by atoms with E-state index in [0.717, 1.165) is 29.3 Å². The van der Waals surface area contributed by atoms with Crippen LogP contribution in [0.4, 0.5) is 0 Å². The maximum Gasteiger partial charge on any atom is 0.334 e. The number of hydrogen-bond acceptors (Lipinski definition) is 2. The number of ether oxygens (including phenoxy) is 1. The molecule has 0 aromatic rings. The first-order valence-corrected chi connectivity index (χ1v) is 4.01. The first kappa shape index (κ1) is 7.79. The van der Waals surface area contributed by atoms with Crippen LogP contribution in [0, 0.1) is 0 Å². The fourth-order valence-corrected chi connectivity index (χ4v) is 1.68. The largest absolute Gasteiger partial charge is 0.466 e. The molecule has 1 aliphatic carbocycles. The molecular formula is C7H9BrO2. The third-order valence-electron chi connectivity index (χ3n) is 1.58. The van der Waals surface area contributed by atoms with Crippen molar-refractivity contribution >= 4 is 21.9 Å². The van der Waals surface area contributed by atoms with Crippen LogP contribution in [0.5, 0.6) is 0 Å². The number of halogens is 1. The molecule has 3 heteroatoms. The van der Waals surface area contributed by atoms with E-state index in [1.54, 1.807) is 0 Å². The van der Waals surface area contributed by atoms with E-state index in [-0.39, 0.29) is 5.97 Å². The second kappa shape index (κ2) is 3.19. The summed E-state index contributed by atoms with van der Waals surface area (Å²) in [4.78, 5) is 10.9. The Labute approximate surface area is 68.4 Å². The lowest BCUT2D eigenvalue weighted by Gasteiger charge is -1.97. The van der Waals surface area contributed by atoms with E-state index in [0.29, 0.717) is 0 Å². The third kappa shape index (κ3) is 1.40. The van der Waals surface area contributed by atoms with E-state index in [1.807, 2.05) is 0 Å². The minimum atomic E-state index is -0.190. The highest BCUT2D eigenvalue weighted by atomic mass is 79.9. The molecule has 2 nitrogen and oxygen atoms in total. The van der Waals surface area contributed by atoms with Crippen LogP contribution in [-0.4, -0.2) is 13.1 Å². The van der Waals surface area contributed by atoms with Crippen molar-refractivity contribution in [2.24, 2.45) is 0 Å². The lowest BCUT2D eigenvalue weighted by atomic mass is 10.2.